The predicted molar refractivity (Wildman–Crippen MR) is 62.7 cm³/mol. The predicted octanol–water partition coefficient (Wildman–Crippen LogP) is 3.14. The van der Waals surface area contributed by atoms with Gasteiger partial charge in [0.2, 0.25) is 0 Å². The van der Waals surface area contributed by atoms with Gasteiger partial charge >= 0.3 is 0 Å². The molecule has 2 nitrogen and oxygen atoms in total. The summed E-state index contributed by atoms with van der Waals surface area (Å²) < 4.78 is 13.3. The molecule has 1 aromatic carbocycles. The van der Waals surface area contributed by atoms with E-state index < -0.39 is 0 Å². The summed E-state index contributed by atoms with van der Waals surface area (Å²) in [6, 6.07) is 8.90. The van der Waals surface area contributed by atoms with Crippen LogP contribution in [0.1, 0.15) is 11.1 Å². The van der Waals surface area contributed by atoms with Gasteiger partial charge in [0.15, 0.2) is 0 Å². The zero-order valence-corrected chi connectivity index (χ0v) is 9.07. The third-order valence-corrected chi connectivity index (χ3v) is 2.47. The molecular weight excluding hydrogens is 203 g/mol. The number of aromatic nitrogens is 1. The number of pyridine rings is 1. The Morgan fingerprint density at radius 3 is 2.88 bits per heavy atom. The molecule has 3 heteroatoms. The molecule has 0 amide bonds. The molecule has 0 unspecified atom stereocenters. The highest BCUT2D eigenvalue weighted by Crippen LogP contribution is 2.17. The molecule has 1 aromatic heterocycles. The summed E-state index contributed by atoms with van der Waals surface area (Å²) in [7, 11) is 0. The molecule has 0 aliphatic heterocycles. The largest absolute Gasteiger partial charge is 0.381 e. The molecule has 82 valence electrons. The van der Waals surface area contributed by atoms with Crippen LogP contribution in [-0.4, -0.2) is 4.98 Å². The fraction of sp³-hybridized carbons (Fsp3) is 0.154. The van der Waals surface area contributed by atoms with Gasteiger partial charge in [0, 0.05) is 30.2 Å². The molecule has 0 aliphatic carbocycles. The van der Waals surface area contributed by atoms with Crippen LogP contribution < -0.4 is 5.32 Å². The quantitative estimate of drug-likeness (QED) is 0.852. The second-order valence-corrected chi connectivity index (χ2v) is 3.63. The van der Waals surface area contributed by atoms with Gasteiger partial charge in [-0.3, -0.25) is 4.98 Å². The normalized spacial score (nSPS) is 10.1. The van der Waals surface area contributed by atoms with E-state index in [9.17, 15) is 4.39 Å². The van der Waals surface area contributed by atoms with E-state index in [0.717, 1.165) is 11.3 Å². The van der Waals surface area contributed by atoms with E-state index in [0.29, 0.717) is 12.1 Å². The van der Waals surface area contributed by atoms with Crippen LogP contribution in [0.15, 0.2) is 42.7 Å². The molecule has 1 heterocycles. The van der Waals surface area contributed by atoms with Crippen LogP contribution in [0.5, 0.6) is 0 Å². The van der Waals surface area contributed by atoms with Crippen LogP contribution in [0, 0.1) is 12.7 Å². The van der Waals surface area contributed by atoms with Crippen molar-refractivity contribution in [2.45, 2.75) is 13.5 Å². The van der Waals surface area contributed by atoms with Crippen molar-refractivity contribution in [1.82, 2.24) is 4.98 Å². The Balaban J connectivity index is 2.08. The maximum absolute atomic E-state index is 13.3. The van der Waals surface area contributed by atoms with Crippen LogP contribution in [0.4, 0.5) is 10.1 Å². The molecule has 0 atom stereocenters. The van der Waals surface area contributed by atoms with E-state index in [-0.39, 0.29) is 5.82 Å². The van der Waals surface area contributed by atoms with E-state index >= 15 is 0 Å². The Bertz CT molecular complexity index is 469. The van der Waals surface area contributed by atoms with Crippen molar-refractivity contribution in [3.63, 3.8) is 0 Å². The summed E-state index contributed by atoms with van der Waals surface area (Å²) in [6.45, 7) is 2.42. The minimum Gasteiger partial charge on any atom is -0.381 e. The van der Waals surface area contributed by atoms with Crippen molar-refractivity contribution >= 4 is 5.69 Å². The number of nitrogens with zero attached hydrogens (tertiary/aromatic N) is 1. The Morgan fingerprint density at radius 2 is 2.12 bits per heavy atom. The monoisotopic (exact) mass is 216 g/mol. The molecule has 0 saturated heterocycles. The van der Waals surface area contributed by atoms with Crippen LogP contribution in [0.25, 0.3) is 0 Å². The number of rotatable bonds is 3. The molecule has 0 saturated carbocycles. The second kappa shape index (κ2) is 4.75. The lowest BCUT2D eigenvalue weighted by Crippen LogP contribution is -2.02. The number of halogens is 1. The summed E-state index contributed by atoms with van der Waals surface area (Å²) in [5.41, 5.74) is 2.54. The summed E-state index contributed by atoms with van der Waals surface area (Å²) in [5.74, 6) is -0.184. The number of anilines is 1. The SMILES string of the molecule is Cc1c(F)cccc1NCc1cccnc1. The minimum absolute atomic E-state index is 0.184. The molecule has 0 radical (unpaired) electrons. The summed E-state index contributed by atoms with van der Waals surface area (Å²) >= 11 is 0. The van der Waals surface area contributed by atoms with Crippen LogP contribution in [0.2, 0.25) is 0 Å². The lowest BCUT2D eigenvalue weighted by molar-refractivity contribution is 0.619. The first-order valence-corrected chi connectivity index (χ1v) is 5.15. The first kappa shape index (κ1) is 10.6. The second-order valence-electron chi connectivity index (χ2n) is 3.63. The maximum atomic E-state index is 13.3. The first-order valence-electron chi connectivity index (χ1n) is 5.15. The molecule has 16 heavy (non-hydrogen) atoms. The Morgan fingerprint density at radius 1 is 1.25 bits per heavy atom. The summed E-state index contributed by atoms with van der Waals surface area (Å²) in [6.07, 6.45) is 3.53. The fourth-order valence-electron chi connectivity index (χ4n) is 1.50. The van der Waals surface area contributed by atoms with Gasteiger partial charge in [0.1, 0.15) is 5.82 Å². The first-order chi connectivity index (χ1) is 7.77. The topological polar surface area (TPSA) is 24.9 Å². The Kier molecular flexibility index (Phi) is 3.15. The average molecular weight is 216 g/mol. The molecule has 1 N–H and O–H groups in total. The molecule has 0 fully saturated rings. The molecule has 0 bridgehead atoms. The van der Waals surface area contributed by atoms with Crippen molar-refractivity contribution in [3.8, 4) is 0 Å². The van der Waals surface area contributed by atoms with E-state index in [1.807, 2.05) is 18.2 Å². The van der Waals surface area contributed by atoms with Crippen molar-refractivity contribution in [2.75, 3.05) is 5.32 Å². The van der Waals surface area contributed by atoms with Gasteiger partial charge in [-0.05, 0) is 30.7 Å². The summed E-state index contributed by atoms with van der Waals surface area (Å²) in [5, 5.41) is 3.19. The van der Waals surface area contributed by atoms with Crippen LogP contribution in [0.3, 0.4) is 0 Å². The standard InChI is InChI=1S/C13H13FN2/c1-10-12(14)5-2-6-13(10)16-9-11-4-3-7-15-8-11/h2-8,16H,9H2,1H3. The number of hydrogen-bond donors (Lipinski definition) is 1. The Labute approximate surface area is 94.2 Å². The van der Waals surface area contributed by atoms with Crippen molar-refractivity contribution in [2.24, 2.45) is 0 Å². The zero-order chi connectivity index (χ0) is 11.4. The molecule has 2 aromatic rings. The molecule has 0 spiro atoms. The zero-order valence-electron chi connectivity index (χ0n) is 9.07. The van der Waals surface area contributed by atoms with Crippen LogP contribution in [-0.2, 0) is 6.54 Å². The fourth-order valence-corrected chi connectivity index (χ4v) is 1.50. The van der Waals surface area contributed by atoms with Crippen molar-refractivity contribution in [3.05, 3.63) is 59.7 Å². The highest BCUT2D eigenvalue weighted by atomic mass is 19.1. The highest BCUT2D eigenvalue weighted by molar-refractivity contribution is 5.51. The van der Waals surface area contributed by atoms with E-state index in [2.05, 4.69) is 10.3 Å². The van der Waals surface area contributed by atoms with Crippen molar-refractivity contribution in [1.29, 1.82) is 0 Å². The molecule has 2 rings (SSSR count). The van der Waals surface area contributed by atoms with E-state index in [1.54, 1.807) is 25.4 Å². The van der Waals surface area contributed by atoms with Gasteiger partial charge in [-0.25, -0.2) is 4.39 Å². The molecular formula is C13H13FN2. The lowest BCUT2D eigenvalue weighted by Gasteiger charge is -2.09. The molecule has 0 aliphatic rings. The van der Waals surface area contributed by atoms with Gasteiger partial charge in [0.05, 0.1) is 0 Å². The smallest absolute Gasteiger partial charge is 0.128 e. The minimum atomic E-state index is -0.184. The third-order valence-electron chi connectivity index (χ3n) is 2.47. The third kappa shape index (κ3) is 2.37. The number of hydrogen-bond acceptors (Lipinski definition) is 2. The van der Waals surface area contributed by atoms with Gasteiger partial charge < -0.3 is 5.32 Å². The number of nitrogens with one attached hydrogen (secondary N) is 1. The maximum Gasteiger partial charge on any atom is 0.128 e. The Hall–Kier alpha value is -1.90. The van der Waals surface area contributed by atoms with Gasteiger partial charge in [-0.2, -0.15) is 0 Å². The summed E-state index contributed by atoms with van der Waals surface area (Å²) in [4.78, 5) is 4.02. The average Bonchev–Trinajstić information content (AvgIpc) is 2.32. The lowest BCUT2D eigenvalue weighted by atomic mass is 10.2. The van der Waals surface area contributed by atoms with E-state index in [4.69, 9.17) is 0 Å². The van der Waals surface area contributed by atoms with Gasteiger partial charge in [-0.1, -0.05) is 12.1 Å². The van der Waals surface area contributed by atoms with Gasteiger partial charge in [0.25, 0.3) is 0 Å². The van der Waals surface area contributed by atoms with Crippen molar-refractivity contribution < 1.29 is 4.39 Å². The van der Waals surface area contributed by atoms with E-state index in [1.165, 1.54) is 6.07 Å². The van der Waals surface area contributed by atoms with Gasteiger partial charge in [-0.15, -0.1) is 0 Å². The number of benzene rings is 1. The van der Waals surface area contributed by atoms with Crippen LogP contribution >= 0.6 is 0 Å². The highest BCUT2D eigenvalue weighted by Gasteiger charge is 2.02.